The predicted octanol–water partition coefficient (Wildman–Crippen LogP) is 6.85. The highest BCUT2D eigenvalue weighted by atomic mass is 16.1. The van der Waals surface area contributed by atoms with Crippen molar-refractivity contribution >= 4 is 5.78 Å². The topological polar surface area (TPSA) is 17.1 Å². The lowest BCUT2D eigenvalue weighted by Crippen LogP contribution is -2.06. The van der Waals surface area contributed by atoms with Crippen LogP contribution in [-0.2, 0) is 12.8 Å². The first-order chi connectivity index (χ1) is 13.1. The Labute approximate surface area is 163 Å². The third-order valence-corrected chi connectivity index (χ3v) is 5.41. The highest BCUT2D eigenvalue weighted by Crippen LogP contribution is 2.30. The number of rotatable bonds is 7. The molecule has 3 aromatic rings. The van der Waals surface area contributed by atoms with Crippen molar-refractivity contribution in [2.24, 2.45) is 0 Å². The Kier molecular flexibility index (Phi) is 6.24. The normalized spacial score (nSPS) is 12.0. The molecule has 0 spiro atoms. The summed E-state index contributed by atoms with van der Waals surface area (Å²) in [5, 5.41) is 0. The van der Waals surface area contributed by atoms with E-state index in [1.54, 1.807) is 6.92 Å². The SMILES string of the molecule is CCc1ccccc1CCC(C)c1cc(-c2ccccc2)ccc1C(C)=O. The molecule has 1 heteroatoms. The second-order valence-electron chi connectivity index (χ2n) is 7.29. The van der Waals surface area contributed by atoms with E-state index in [9.17, 15) is 4.79 Å². The van der Waals surface area contributed by atoms with E-state index in [1.165, 1.54) is 22.3 Å². The molecule has 0 saturated carbocycles. The molecule has 138 valence electrons. The van der Waals surface area contributed by atoms with Gasteiger partial charge >= 0.3 is 0 Å². The number of ketones is 1. The Balaban J connectivity index is 1.87. The summed E-state index contributed by atoms with van der Waals surface area (Å²) >= 11 is 0. The first-order valence-corrected chi connectivity index (χ1v) is 9.87. The van der Waals surface area contributed by atoms with E-state index >= 15 is 0 Å². The zero-order valence-corrected chi connectivity index (χ0v) is 16.5. The van der Waals surface area contributed by atoms with E-state index in [1.807, 2.05) is 12.1 Å². The van der Waals surface area contributed by atoms with Gasteiger partial charge < -0.3 is 0 Å². The molecule has 0 aliphatic heterocycles. The molecule has 0 aliphatic carbocycles. The van der Waals surface area contributed by atoms with Gasteiger partial charge in [-0.25, -0.2) is 0 Å². The number of aryl methyl sites for hydroxylation is 2. The fraction of sp³-hybridized carbons (Fsp3) is 0.269. The number of Topliss-reactive ketones (excluding diaryl/α,β-unsaturated/α-hetero) is 1. The fourth-order valence-electron chi connectivity index (χ4n) is 3.78. The first-order valence-electron chi connectivity index (χ1n) is 9.87. The number of carbonyl (C=O) groups is 1. The molecule has 1 atom stereocenters. The quantitative estimate of drug-likeness (QED) is 0.423. The van der Waals surface area contributed by atoms with Crippen LogP contribution in [0.4, 0.5) is 0 Å². The molecule has 0 aliphatic rings. The van der Waals surface area contributed by atoms with Crippen LogP contribution in [0.1, 0.15) is 60.2 Å². The van der Waals surface area contributed by atoms with Crippen molar-refractivity contribution < 1.29 is 4.79 Å². The van der Waals surface area contributed by atoms with Crippen molar-refractivity contribution in [3.8, 4) is 11.1 Å². The molecular formula is C26H28O. The van der Waals surface area contributed by atoms with Gasteiger partial charge in [0.15, 0.2) is 5.78 Å². The molecule has 0 heterocycles. The van der Waals surface area contributed by atoms with Gasteiger partial charge in [0.2, 0.25) is 0 Å². The summed E-state index contributed by atoms with van der Waals surface area (Å²) in [5.41, 5.74) is 7.24. The second kappa shape index (κ2) is 8.81. The Morgan fingerprint density at radius 3 is 2.19 bits per heavy atom. The number of hydrogen-bond acceptors (Lipinski definition) is 1. The van der Waals surface area contributed by atoms with Crippen LogP contribution < -0.4 is 0 Å². The van der Waals surface area contributed by atoms with Crippen LogP contribution in [0, 0.1) is 0 Å². The molecule has 1 nitrogen and oxygen atoms in total. The van der Waals surface area contributed by atoms with Crippen molar-refractivity contribution in [1.82, 2.24) is 0 Å². The van der Waals surface area contributed by atoms with Crippen LogP contribution in [0.25, 0.3) is 11.1 Å². The van der Waals surface area contributed by atoms with Crippen molar-refractivity contribution in [2.75, 3.05) is 0 Å². The molecule has 0 fully saturated rings. The van der Waals surface area contributed by atoms with Gasteiger partial charge in [-0.05, 0) is 59.9 Å². The monoisotopic (exact) mass is 356 g/mol. The predicted molar refractivity (Wildman–Crippen MR) is 114 cm³/mol. The van der Waals surface area contributed by atoms with Gasteiger partial charge in [-0.1, -0.05) is 86.6 Å². The Morgan fingerprint density at radius 2 is 1.52 bits per heavy atom. The zero-order valence-electron chi connectivity index (χ0n) is 16.5. The molecule has 0 aromatic heterocycles. The lowest BCUT2D eigenvalue weighted by atomic mass is 9.86. The molecule has 0 bridgehead atoms. The van der Waals surface area contributed by atoms with Gasteiger partial charge in [-0.2, -0.15) is 0 Å². The molecule has 0 radical (unpaired) electrons. The number of hydrogen-bond donors (Lipinski definition) is 0. The molecule has 0 saturated heterocycles. The summed E-state index contributed by atoms with van der Waals surface area (Å²) in [6.07, 6.45) is 3.14. The Hall–Kier alpha value is -2.67. The van der Waals surface area contributed by atoms with E-state index in [0.29, 0.717) is 5.92 Å². The van der Waals surface area contributed by atoms with Gasteiger partial charge in [0, 0.05) is 5.56 Å². The van der Waals surface area contributed by atoms with Crippen molar-refractivity contribution in [3.63, 3.8) is 0 Å². The minimum absolute atomic E-state index is 0.144. The average Bonchev–Trinajstić information content (AvgIpc) is 2.72. The van der Waals surface area contributed by atoms with Crippen LogP contribution in [0.5, 0.6) is 0 Å². The molecule has 0 amide bonds. The van der Waals surface area contributed by atoms with Crippen molar-refractivity contribution in [2.45, 2.75) is 46.0 Å². The minimum atomic E-state index is 0.144. The van der Waals surface area contributed by atoms with E-state index in [4.69, 9.17) is 0 Å². The molecule has 3 rings (SSSR count). The van der Waals surface area contributed by atoms with Crippen molar-refractivity contribution in [3.05, 3.63) is 95.1 Å². The van der Waals surface area contributed by atoms with Crippen LogP contribution in [0.2, 0.25) is 0 Å². The summed E-state index contributed by atoms with van der Waals surface area (Å²) < 4.78 is 0. The van der Waals surface area contributed by atoms with Gasteiger partial charge in [0.05, 0.1) is 0 Å². The van der Waals surface area contributed by atoms with E-state index in [2.05, 4.69) is 74.5 Å². The smallest absolute Gasteiger partial charge is 0.160 e. The summed E-state index contributed by atoms with van der Waals surface area (Å²) in [5.74, 6) is 0.475. The summed E-state index contributed by atoms with van der Waals surface area (Å²) in [6.45, 7) is 6.12. The van der Waals surface area contributed by atoms with Crippen molar-refractivity contribution in [1.29, 1.82) is 0 Å². The van der Waals surface area contributed by atoms with E-state index in [-0.39, 0.29) is 5.78 Å². The van der Waals surface area contributed by atoms with Gasteiger partial charge in [-0.3, -0.25) is 4.79 Å². The summed E-state index contributed by atoms with van der Waals surface area (Å²) in [4.78, 5) is 12.2. The summed E-state index contributed by atoms with van der Waals surface area (Å²) in [7, 11) is 0. The fourth-order valence-corrected chi connectivity index (χ4v) is 3.78. The maximum absolute atomic E-state index is 12.2. The van der Waals surface area contributed by atoms with Gasteiger partial charge in [0.1, 0.15) is 0 Å². The number of carbonyl (C=O) groups excluding carboxylic acids is 1. The van der Waals surface area contributed by atoms with Crippen LogP contribution in [-0.4, -0.2) is 5.78 Å². The first kappa shape index (κ1) is 19.1. The lowest BCUT2D eigenvalue weighted by Gasteiger charge is -2.18. The third kappa shape index (κ3) is 4.54. The molecular weight excluding hydrogens is 328 g/mol. The average molecular weight is 357 g/mol. The maximum atomic E-state index is 12.2. The molecule has 1 unspecified atom stereocenters. The highest BCUT2D eigenvalue weighted by Gasteiger charge is 2.15. The third-order valence-electron chi connectivity index (χ3n) is 5.41. The largest absolute Gasteiger partial charge is 0.295 e. The highest BCUT2D eigenvalue weighted by molar-refractivity contribution is 5.96. The van der Waals surface area contributed by atoms with Crippen LogP contribution in [0.3, 0.4) is 0 Å². The number of benzene rings is 3. The molecule has 3 aromatic carbocycles. The van der Waals surface area contributed by atoms with E-state index < -0.39 is 0 Å². The Bertz CT molecular complexity index is 909. The summed E-state index contributed by atoms with van der Waals surface area (Å²) in [6, 6.07) is 25.3. The van der Waals surface area contributed by atoms with Gasteiger partial charge in [0.25, 0.3) is 0 Å². The van der Waals surface area contributed by atoms with E-state index in [0.717, 1.165) is 30.4 Å². The standard InChI is InChI=1S/C26H28O/c1-4-21-10-8-9-13-23(21)15-14-19(2)26-18-24(16-17-25(26)20(3)27)22-11-6-5-7-12-22/h5-13,16-19H,4,14-15H2,1-3H3. The molecule has 27 heavy (non-hydrogen) atoms. The molecule has 0 N–H and O–H groups in total. The second-order valence-corrected chi connectivity index (χ2v) is 7.29. The zero-order chi connectivity index (χ0) is 19.2. The Morgan fingerprint density at radius 1 is 0.852 bits per heavy atom. The minimum Gasteiger partial charge on any atom is -0.295 e. The lowest BCUT2D eigenvalue weighted by molar-refractivity contribution is 0.101. The maximum Gasteiger partial charge on any atom is 0.160 e. The van der Waals surface area contributed by atoms with Crippen LogP contribution >= 0.6 is 0 Å². The van der Waals surface area contributed by atoms with Crippen LogP contribution in [0.15, 0.2) is 72.8 Å². The van der Waals surface area contributed by atoms with Gasteiger partial charge in [-0.15, -0.1) is 0 Å².